The molecule has 2 aliphatic heterocycles. The molecule has 0 saturated carbocycles. The Labute approximate surface area is 113 Å². The van der Waals surface area contributed by atoms with E-state index in [0.717, 1.165) is 19.8 Å². The van der Waals surface area contributed by atoms with Crippen LogP contribution in [0.3, 0.4) is 0 Å². The summed E-state index contributed by atoms with van der Waals surface area (Å²) in [5.41, 5.74) is 7.96. The van der Waals surface area contributed by atoms with Crippen LogP contribution in [0.5, 0.6) is 0 Å². The van der Waals surface area contributed by atoms with Crippen LogP contribution in [-0.2, 0) is 0 Å². The van der Waals surface area contributed by atoms with Crippen LogP contribution in [0.2, 0.25) is 0 Å². The molecule has 0 aromatic heterocycles. The van der Waals surface area contributed by atoms with Gasteiger partial charge in [-0.15, -0.1) is 12.6 Å². The SMILES string of the molecule is CCNN1C=C2C(SC(S)N2NCC)N(C)C1. The lowest BCUT2D eigenvalue weighted by Gasteiger charge is -2.37. The fraction of sp³-hybridized carbons (Fsp3) is 0.800. The Morgan fingerprint density at radius 2 is 2.12 bits per heavy atom. The summed E-state index contributed by atoms with van der Waals surface area (Å²) in [6, 6.07) is 0. The first-order valence-electron chi connectivity index (χ1n) is 5.95. The van der Waals surface area contributed by atoms with E-state index < -0.39 is 0 Å². The zero-order chi connectivity index (χ0) is 12.4. The Hall–Kier alpha value is -0.0800. The quantitative estimate of drug-likeness (QED) is 0.655. The van der Waals surface area contributed by atoms with Crippen LogP contribution in [0.25, 0.3) is 0 Å². The fourth-order valence-corrected chi connectivity index (χ4v) is 3.80. The number of rotatable bonds is 4. The van der Waals surface area contributed by atoms with E-state index in [1.165, 1.54) is 5.70 Å². The van der Waals surface area contributed by atoms with Crippen molar-refractivity contribution in [3.63, 3.8) is 0 Å². The van der Waals surface area contributed by atoms with E-state index in [-0.39, 0.29) is 4.71 Å². The molecule has 2 rings (SSSR count). The van der Waals surface area contributed by atoms with Gasteiger partial charge in [0.2, 0.25) is 0 Å². The predicted octanol–water partition coefficient (Wildman–Crippen LogP) is 0.670. The number of fused-ring (bicyclic) bond motifs is 1. The van der Waals surface area contributed by atoms with Crippen LogP contribution in [0.15, 0.2) is 11.9 Å². The zero-order valence-electron chi connectivity index (χ0n) is 10.6. The van der Waals surface area contributed by atoms with Crippen LogP contribution in [0.1, 0.15) is 13.8 Å². The lowest BCUT2D eigenvalue weighted by Crippen LogP contribution is -2.50. The minimum Gasteiger partial charge on any atom is -0.299 e. The molecule has 0 amide bonds. The molecule has 2 heterocycles. The van der Waals surface area contributed by atoms with Crippen LogP contribution in [0, 0.1) is 0 Å². The van der Waals surface area contributed by atoms with Crippen molar-refractivity contribution < 1.29 is 0 Å². The van der Waals surface area contributed by atoms with E-state index in [9.17, 15) is 0 Å². The van der Waals surface area contributed by atoms with Gasteiger partial charge in [0.05, 0.1) is 12.4 Å². The van der Waals surface area contributed by atoms with Gasteiger partial charge in [-0.05, 0) is 7.05 Å². The Morgan fingerprint density at radius 1 is 1.41 bits per heavy atom. The molecule has 98 valence electrons. The molecule has 5 nitrogen and oxygen atoms in total. The highest BCUT2D eigenvalue weighted by Crippen LogP contribution is 2.41. The maximum atomic E-state index is 4.62. The lowest BCUT2D eigenvalue weighted by molar-refractivity contribution is 0.115. The Balaban J connectivity index is 2.17. The summed E-state index contributed by atoms with van der Waals surface area (Å²) < 4.78 is 0.176. The van der Waals surface area contributed by atoms with Gasteiger partial charge < -0.3 is 0 Å². The van der Waals surface area contributed by atoms with Gasteiger partial charge in [0, 0.05) is 19.3 Å². The van der Waals surface area contributed by atoms with Gasteiger partial charge in [-0.3, -0.25) is 14.9 Å². The van der Waals surface area contributed by atoms with Crippen molar-refractivity contribution in [3.05, 3.63) is 11.9 Å². The number of likely N-dealkylation sites (N-methyl/N-ethyl adjacent to an activating group) is 1. The molecular weight excluding hydrogens is 254 g/mol. The third-order valence-electron chi connectivity index (χ3n) is 2.76. The largest absolute Gasteiger partial charge is 0.299 e. The van der Waals surface area contributed by atoms with Gasteiger partial charge in [0.25, 0.3) is 0 Å². The Kier molecular flexibility index (Phi) is 4.48. The molecule has 0 aromatic rings. The average molecular weight is 275 g/mol. The molecule has 0 spiro atoms. The van der Waals surface area contributed by atoms with Crippen LogP contribution in [-0.4, -0.2) is 51.8 Å². The van der Waals surface area contributed by atoms with Crippen molar-refractivity contribution in [2.24, 2.45) is 0 Å². The van der Waals surface area contributed by atoms with Gasteiger partial charge >= 0.3 is 0 Å². The monoisotopic (exact) mass is 275 g/mol. The molecule has 0 aromatic carbocycles. The minimum absolute atomic E-state index is 0.176. The maximum absolute atomic E-state index is 4.62. The zero-order valence-corrected chi connectivity index (χ0v) is 12.3. The van der Waals surface area contributed by atoms with E-state index in [0.29, 0.717) is 5.37 Å². The summed E-state index contributed by atoms with van der Waals surface area (Å²) in [6.45, 7) is 6.95. The van der Waals surface area contributed by atoms with E-state index in [4.69, 9.17) is 0 Å². The maximum Gasteiger partial charge on any atom is 0.135 e. The van der Waals surface area contributed by atoms with Gasteiger partial charge in [0.15, 0.2) is 0 Å². The summed E-state index contributed by atoms with van der Waals surface area (Å²) in [7, 11) is 2.14. The summed E-state index contributed by atoms with van der Waals surface area (Å²) in [5, 5.41) is 4.67. The Morgan fingerprint density at radius 3 is 2.76 bits per heavy atom. The number of hydrazine groups is 2. The van der Waals surface area contributed by atoms with Crippen molar-refractivity contribution in [1.29, 1.82) is 0 Å². The first kappa shape index (κ1) is 13.4. The highest BCUT2D eigenvalue weighted by atomic mass is 32.2. The van der Waals surface area contributed by atoms with E-state index in [2.05, 4.69) is 65.5 Å². The molecular formula is C10H21N5S2. The van der Waals surface area contributed by atoms with Crippen molar-refractivity contribution in [2.45, 2.75) is 23.9 Å². The van der Waals surface area contributed by atoms with Crippen molar-refractivity contribution >= 4 is 24.4 Å². The average Bonchev–Trinajstić information content (AvgIpc) is 2.59. The molecule has 0 radical (unpaired) electrons. The molecule has 2 aliphatic rings. The van der Waals surface area contributed by atoms with E-state index in [1.54, 1.807) is 0 Å². The second kappa shape index (κ2) is 5.71. The summed E-state index contributed by atoms with van der Waals surface area (Å²) in [6.07, 6.45) is 2.18. The lowest BCUT2D eigenvalue weighted by atomic mass is 10.3. The second-order valence-corrected chi connectivity index (χ2v) is 6.13. The molecule has 0 bridgehead atoms. The molecule has 1 fully saturated rings. The Bertz CT molecular complexity index is 298. The third kappa shape index (κ3) is 2.68. The molecule has 2 unspecified atom stereocenters. The minimum atomic E-state index is 0.176. The predicted molar refractivity (Wildman–Crippen MR) is 75.9 cm³/mol. The molecule has 2 atom stereocenters. The standard InChI is InChI=1S/C10H21N5S2/c1-4-11-14-6-8-9(13(3)7-14)17-10(16)15(8)12-5-2/h6,9-12,16H,4-5,7H2,1-3H3. The highest BCUT2D eigenvalue weighted by molar-refractivity contribution is 8.11. The first-order valence-corrected chi connectivity index (χ1v) is 7.41. The summed E-state index contributed by atoms with van der Waals surface area (Å²) >= 11 is 6.47. The molecule has 0 aliphatic carbocycles. The fourth-order valence-electron chi connectivity index (χ4n) is 2.10. The molecule has 2 N–H and O–H groups in total. The topological polar surface area (TPSA) is 33.8 Å². The van der Waals surface area contributed by atoms with E-state index >= 15 is 0 Å². The third-order valence-corrected chi connectivity index (χ3v) is 4.67. The van der Waals surface area contributed by atoms with Gasteiger partial charge in [-0.25, -0.2) is 10.9 Å². The number of thiol groups is 1. The van der Waals surface area contributed by atoms with E-state index in [1.807, 2.05) is 11.8 Å². The van der Waals surface area contributed by atoms with Crippen molar-refractivity contribution in [3.8, 4) is 0 Å². The summed E-state index contributed by atoms with van der Waals surface area (Å²) in [4.78, 5) is 2.32. The molecule has 1 saturated heterocycles. The van der Waals surface area contributed by atoms with Gasteiger partial charge in [-0.2, -0.15) is 0 Å². The van der Waals surface area contributed by atoms with Crippen LogP contribution < -0.4 is 10.9 Å². The number of nitrogens with one attached hydrogen (secondary N) is 2. The number of hydrogen-bond donors (Lipinski definition) is 3. The number of hydrogen-bond acceptors (Lipinski definition) is 7. The second-order valence-electron chi connectivity index (χ2n) is 4.13. The smallest absolute Gasteiger partial charge is 0.135 e. The number of nitrogens with zero attached hydrogens (tertiary/aromatic N) is 3. The van der Waals surface area contributed by atoms with Crippen LogP contribution >= 0.6 is 24.4 Å². The molecule has 17 heavy (non-hydrogen) atoms. The summed E-state index contributed by atoms with van der Waals surface area (Å²) in [5.74, 6) is 0. The normalized spacial score (nSPS) is 29.5. The van der Waals surface area contributed by atoms with Crippen LogP contribution in [0.4, 0.5) is 0 Å². The number of thioether (sulfide) groups is 1. The van der Waals surface area contributed by atoms with Crippen molar-refractivity contribution in [1.82, 2.24) is 25.8 Å². The van der Waals surface area contributed by atoms with Crippen molar-refractivity contribution in [2.75, 3.05) is 26.8 Å². The highest BCUT2D eigenvalue weighted by Gasteiger charge is 2.40. The van der Waals surface area contributed by atoms with Gasteiger partial charge in [-0.1, -0.05) is 25.6 Å². The first-order chi connectivity index (χ1) is 8.17. The van der Waals surface area contributed by atoms with Gasteiger partial charge in [0.1, 0.15) is 10.1 Å². The molecule has 7 heteroatoms.